The van der Waals surface area contributed by atoms with Gasteiger partial charge in [-0.15, -0.1) is 0 Å². The van der Waals surface area contributed by atoms with Gasteiger partial charge in [0.15, 0.2) is 0 Å². The van der Waals surface area contributed by atoms with E-state index >= 15 is 0 Å². The molecule has 1 fully saturated rings. The number of nitrogens with zero attached hydrogens (tertiary/aromatic N) is 3. The number of pyridine rings is 2. The molecule has 0 radical (unpaired) electrons. The second-order valence-corrected chi connectivity index (χ2v) is 8.87. The van der Waals surface area contributed by atoms with Gasteiger partial charge >= 0.3 is 0 Å². The van der Waals surface area contributed by atoms with E-state index in [9.17, 15) is 0 Å². The van der Waals surface area contributed by atoms with Crippen LogP contribution in [0.5, 0.6) is 5.88 Å². The van der Waals surface area contributed by atoms with Crippen molar-refractivity contribution in [1.29, 1.82) is 0 Å². The number of anilines is 2. The molecule has 0 unspecified atom stereocenters. The van der Waals surface area contributed by atoms with Crippen LogP contribution in [0.1, 0.15) is 24.8 Å². The number of benzene rings is 2. The minimum Gasteiger partial charge on any atom is -0.474 e. The molecule has 0 spiro atoms. The summed E-state index contributed by atoms with van der Waals surface area (Å²) in [7, 11) is 0. The smallest absolute Gasteiger partial charge is 0.238 e. The lowest BCUT2D eigenvalue weighted by Crippen LogP contribution is -2.43. The fraction of sp³-hybridized carbons (Fsp3) is 0.214. The number of nitrogens with two attached hydrogens (primary N) is 1. The third-order valence-corrected chi connectivity index (χ3v) is 6.83. The number of rotatable bonds is 4. The summed E-state index contributed by atoms with van der Waals surface area (Å²) >= 11 is 0. The molecule has 1 aliphatic carbocycles. The van der Waals surface area contributed by atoms with Crippen LogP contribution in [0, 0.1) is 0 Å². The normalized spacial score (nSPS) is 16.5. The zero-order chi connectivity index (χ0) is 22.3. The van der Waals surface area contributed by atoms with Gasteiger partial charge in [0, 0.05) is 22.9 Å². The molecular weight excluding hydrogens is 408 g/mol. The summed E-state index contributed by atoms with van der Waals surface area (Å²) in [5.74, 6) is 0.651. The Morgan fingerprint density at radius 2 is 1.73 bits per heavy atom. The summed E-state index contributed by atoms with van der Waals surface area (Å²) in [4.78, 5) is 11.6. The predicted molar refractivity (Wildman–Crippen MR) is 132 cm³/mol. The van der Waals surface area contributed by atoms with E-state index in [2.05, 4.69) is 70.5 Å². The second kappa shape index (κ2) is 8.01. The Labute approximate surface area is 193 Å². The van der Waals surface area contributed by atoms with Crippen LogP contribution >= 0.6 is 0 Å². The number of hydrogen-bond acceptors (Lipinski definition) is 5. The van der Waals surface area contributed by atoms with Crippen molar-refractivity contribution in [3.8, 4) is 28.3 Å². The molecule has 6 rings (SSSR count). The van der Waals surface area contributed by atoms with Gasteiger partial charge in [-0.25, -0.2) is 4.98 Å². The van der Waals surface area contributed by atoms with E-state index in [1.54, 1.807) is 6.20 Å². The SMILES string of the molecule is NC1(c2ccc(-c3nc4c(cc3-c3ccccc3)N(c3cccnc3)CCO4)cc2)CCC1. The van der Waals surface area contributed by atoms with Gasteiger partial charge in [0.1, 0.15) is 12.3 Å². The molecule has 3 heterocycles. The highest BCUT2D eigenvalue weighted by Gasteiger charge is 2.34. The van der Waals surface area contributed by atoms with Gasteiger partial charge in [-0.2, -0.15) is 0 Å². The van der Waals surface area contributed by atoms with Gasteiger partial charge in [-0.3, -0.25) is 4.98 Å². The molecule has 2 aliphatic rings. The molecule has 0 atom stereocenters. The first-order valence-corrected chi connectivity index (χ1v) is 11.5. The molecular formula is C28H26N4O. The topological polar surface area (TPSA) is 64.3 Å². The Bertz CT molecular complexity index is 1270. The molecule has 2 N–H and O–H groups in total. The van der Waals surface area contributed by atoms with Crippen molar-refractivity contribution in [2.24, 2.45) is 5.73 Å². The van der Waals surface area contributed by atoms with E-state index in [0.717, 1.165) is 53.1 Å². The number of fused-ring (bicyclic) bond motifs is 1. The van der Waals surface area contributed by atoms with E-state index in [0.29, 0.717) is 12.5 Å². The van der Waals surface area contributed by atoms with Crippen molar-refractivity contribution >= 4 is 11.4 Å². The van der Waals surface area contributed by atoms with Crippen molar-refractivity contribution in [1.82, 2.24) is 9.97 Å². The Kier molecular flexibility index (Phi) is 4.84. The van der Waals surface area contributed by atoms with Gasteiger partial charge in [-0.05, 0) is 48.6 Å². The molecule has 164 valence electrons. The maximum atomic E-state index is 6.55. The fourth-order valence-corrected chi connectivity index (χ4v) is 4.79. The van der Waals surface area contributed by atoms with Crippen molar-refractivity contribution in [3.05, 3.63) is 90.8 Å². The van der Waals surface area contributed by atoms with Crippen LogP contribution in [0.4, 0.5) is 11.4 Å². The standard InChI is InChI=1S/C28H26N4O/c29-28(13-5-14-28)22-11-9-21(10-12-22)26-24(20-6-2-1-3-7-20)18-25-27(31-26)33-17-16-32(25)23-8-4-15-30-19-23/h1-4,6-12,15,18-19H,5,13-14,16-17,29H2. The molecule has 0 amide bonds. The number of aromatic nitrogens is 2. The minimum atomic E-state index is -0.169. The number of hydrogen-bond donors (Lipinski definition) is 1. The third kappa shape index (κ3) is 3.55. The first-order valence-electron chi connectivity index (χ1n) is 11.5. The molecule has 0 saturated heterocycles. The Morgan fingerprint density at radius 1 is 0.909 bits per heavy atom. The highest BCUT2D eigenvalue weighted by molar-refractivity contribution is 5.86. The van der Waals surface area contributed by atoms with Crippen LogP contribution in [0.25, 0.3) is 22.4 Å². The van der Waals surface area contributed by atoms with Crippen LogP contribution < -0.4 is 15.4 Å². The lowest BCUT2D eigenvalue weighted by molar-refractivity contribution is 0.253. The van der Waals surface area contributed by atoms with Crippen LogP contribution in [0.3, 0.4) is 0 Å². The van der Waals surface area contributed by atoms with Crippen molar-refractivity contribution in [3.63, 3.8) is 0 Å². The zero-order valence-corrected chi connectivity index (χ0v) is 18.4. The fourth-order valence-electron chi connectivity index (χ4n) is 4.79. The third-order valence-electron chi connectivity index (χ3n) is 6.83. The van der Waals surface area contributed by atoms with Gasteiger partial charge in [0.05, 0.1) is 24.1 Å². The zero-order valence-electron chi connectivity index (χ0n) is 18.4. The first kappa shape index (κ1) is 19.9. The molecule has 5 heteroatoms. The molecule has 1 saturated carbocycles. The minimum absolute atomic E-state index is 0.169. The van der Waals surface area contributed by atoms with E-state index in [1.165, 1.54) is 12.0 Å². The summed E-state index contributed by atoms with van der Waals surface area (Å²) in [5, 5.41) is 0. The van der Waals surface area contributed by atoms with E-state index in [-0.39, 0.29) is 5.54 Å². The maximum absolute atomic E-state index is 6.55. The number of ether oxygens (including phenoxy) is 1. The van der Waals surface area contributed by atoms with Crippen molar-refractivity contribution in [2.45, 2.75) is 24.8 Å². The molecule has 4 aromatic rings. The van der Waals surface area contributed by atoms with Crippen LogP contribution in [0.2, 0.25) is 0 Å². The van der Waals surface area contributed by atoms with E-state index in [1.807, 2.05) is 18.3 Å². The molecule has 33 heavy (non-hydrogen) atoms. The highest BCUT2D eigenvalue weighted by atomic mass is 16.5. The Morgan fingerprint density at radius 3 is 2.42 bits per heavy atom. The van der Waals surface area contributed by atoms with Crippen LogP contribution in [-0.4, -0.2) is 23.1 Å². The highest BCUT2D eigenvalue weighted by Crippen LogP contribution is 2.43. The van der Waals surface area contributed by atoms with Crippen molar-refractivity contribution in [2.75, 3.05) is 18.1 Å². The quantitative estimate of drug-likeness (QED) is 0.448. The Hall–Kier alpha value is -3.70. The average Bonchev–Trinajstić information content (AvgIpc) is 2.87. The van der Waals surface area contributed by atoms with Gasteiger partial charge in [-0.1, -0.05) is 54.6 Å². The summed E-state index contributed by atoms with van der Waals surface area (Å²) in [6.45, 7) is 1.33. The molecule has 1 aliphatic heterocycles. The lowest BCUT2D eigenvalue weighted by Gasteiger charge is -2.38. The summed E-state index contributed by atoms with van der Waals surface area (Å²) in [6.07, 6.45) is 6.98. The molecule has 0 bridgehead atoms. The average molecular weight is 435 g/mol. The van der Waals surface area contributed by atoms with Crippen LogP contribution in [-0.2, 0) is 5.54 Å². The predicted octanol–water partition coefficient (Wildman–Crippen LogP) is 5.68. The second-order valence-electron chi connectivity index (χ2n) is 8.87. The molecule has 5 nitrogen and oxygen atoms in total. The van der Waals surface area contributed by atoms with Crippen LogP contribution in [0.15, 0.2) is 85.2 Å². The largest absolute Gasteiger partial charge is 0.474 e. The van der Waals surface area contributed by atoms with Crippen molar-refractivity contribution < 1.29 is 4.74 Å². The summed E-state index contributed by atoms with van der Waals surface area (Å²) in [6, 6.07) is 25.2. The van der Waals surface area contributed by atoms with Gasteiger partial charge in [0.25, 0.3) is 0 Å². The molecule has 2 aromatic heterocycles. The van der Waals surface area contributed by atoms with Gasteiger partial charge < -0.3 is 15.4 Å². The maximum Gasteiger partial charge on any atom is 0.238 e. The summed E-state index contributed by atoms with van der Waals surface area (Å²) < 4.78 is 6.04. The Balaban J connectivity index is 1.49. The van der Waals surface area contributed by atoms with E-state index < -0.39 is 0 Å². The van der Waals surface area contributed by atoms with E-state index in [4.69, 9.17) is 15.5 Å². The first-order chi connectivity index (χ1) is 16.2. The summed E-state index contributed by atoms with van der Waals surface area (Å²) in [5.41, 5.74) is 13.8. The van der Waals surface area contributed by atoms with Gasteiger partial charge in [0.2, 0.25) is 5.88 Å². The molecule has 2 aromatic carbocycles. The monoisotopic (exact) mass is 434 g/mol. The lowest BCUT2D eigenvalue weighted by atomic mass is 9.72.